The van der Waals surface area contributed by atoms with E-state index in [2.05, 4.69) is 20.4 Å². The molecule has 1 aliphatic rings. The number of aromatic nitrogens is 3. The predicted molar refractivity (Wildman–Crippen MR) is 137 cm³/mol. The summed E-state index contributed by atoms with van der Waals surface area (Å²) in [6.07, 6.45) is 5.48. The zero-order valence-corrected chi connectivity index (χ0v) is 20.5. The summed E-state index contributed by atoms with van der Waals surface area (Å²) in [7, 11) is 0. The molecule has 2 heterocycles. The minimum atomic E-state index is -0.381. The highest BCUT2D eigenvalue weighted by Crippen LogP contribution is 2.24. The number of nitrogens with zero attached hydrogens (tertiary/aromatic N) is 4. The highest BCUT2D eigenvalue weighted by molar-refractivity contribution is 7.99. The number of hydrogen-bond acceptors (Lipinski definition) is 7. The smallest absolute Gasteiger partial charge is 0.330 e. The Hall–Kier alpha value is -3.43. The summed E-state index contributed by atoms with van der Waals surface area (Å²) in [5.41, 5.74) is 2.51. The number of amides is 1. The van der Waals surface area contributed by atoms with Gasteiger partial charge < -0.3 is 10.1 Å². The number of esters is 1. The molecule has 4 rings (SSSR count). The van der Waals surface area contributed by atoms with Gasteiger partial charge in [-0.15, -0.1) is 10.2 Å². The van der Waals surface area contributed by atoms with Gasteiger partial charge in [0, 0.05) is 17.5 Å². The highest BCUT2D eigenvalue weighted by Gasteiger charge is 2.20. The summed E-state index contributed by atoms with van der Waals surface area (Å²) >= 11 is 1.36. The number of ether oxygens (including phenoxy) is 1. The zero-order chi connectivity index (χ0) is 24.5. The molecule has 0 bridgehead atoms. The van der Waals surface area contributed by atoms with Crippen LogP contribution in [0.3, 0.4) is 0 Å². The first-order valence-corrected chi connectivity index (χ1v) is 12.7. The fraction of sp³-hybridized carbons (Fsp3) is 0.308. The van der Waals surface area contributed by atoms with Crippen molar-refractivity contribution in [1.82, 2.24) is 19.7 Å². The summed E-state index contributed by atoms with van der Waals surface area (Å²) in [6.45, 7) is 4.99. The van der Waals surface area contributed by atoms with E-state index in [4.69, 9.17) is 4.74 Å². The van der Waals surface area contributed by atoms with Gasteiger partial charge in [-0.3, -0.25) is 14.3 Å². The van der Waals surface area contributed by atoms with Gasteiger partial charge in [0.1, 0.15) is 0 Å². The molecule has 0 atom stereocenters. The number of thioether (sulfide) groups is 1. The van der Waals surface area contributed by atoms with Crippen molar-refractivity contribution < 1.29 is 14.3 Å². The van der Waals surface area contributed by atoms with Crippen molar-refractivity contribution in [1.29, 1.82) is 0 Å². The number of para-hydroxylation sites is 1. The first kappa shape index (κ1) is 24.7. The van der Waals surface area contributed by atoms with Crippen molar-refractivity contribution in [2.75, 3.05) is 30.8 Å². The van der Waals surface area contributed by atoms with Crippen LogP contribution in [0.5, 0.6) is 0 Å². The predicted octanol–water partition coefficient (Wildman–Crippen LogP) is 4.17. The molecule has 182 valence electrons. The van der Waals surface area contributed by atoms with E-state index < -0.39 is 0 Å². The molecule has 0 unspecified atom stereocenters. The van der Waals surface area contributed by atoms with Gasteiger partial charge in [-0.25, -0.2) is 4.79 Å². The molecule has 1 fully saturated rings. The van der Waals surface area contributed by atoms with Crippen molar-refractivity contribution in [3.05, 3.63) is 72.1 Å². The SMILES string of the molecule is CCOC(=O)/C=C/c1ccc(NC(=O)CSc2nnc(CN3CCCC3)n2-c2ccccc2)cc1. The quantitative estimate of drug-likeness (QED) is 0.259. The van der Waals surface area contributed by atoms with Gasteiger partial charge in [0.2, 0.25) is 5.91 Å². The average Bonchev–Trinajstić information content (AvgIpc) is 3.53. The second-order valence-electron chi connectivity index (χ2n) is 8.10. The number of rotatable bonds is 10. The molecule has 3 aromatic rings. The van der Waals surface area contributed by atoms with E-state index in [1.807, 2.05) is 47.0 Å². The lowest BCUT2D eigenvalue weighted by Gasteiger charge is -2.16. The van der Waals surface area contributed by atoms with Gasteiger partial charge in [0.25, 0.3) is 0 Å². The van der Waals surface area contributed by atoms with E-state index in [0.29, 0.717) is 17.5 Å². The molecule has 0 aliphatic carbocycles. The number of nitrogens with one attached hydrogen (secondary N) is 1. The van der Waals surface area contributed by atoms with Crippen LogP contribution in [0.4, 0.5) is 5.69 Å². The van der Waals surface area contributed by atoms with Gasteiger partial charge in [-0.05, 0) is 68.8 Å². The van der Waals surface area contributed by atoms with E-state index >= 15 is 0 Å². The Bertz CT molecular complexity index is 1160. The Morgan fingerprint density at radius 2 is 1.80 bits per heavy atom. The van der Waals surface area contributed by atoms with Gasteiger partial charge in [-0.1, -0.05) is 42.1 Å². The average molecular weight is 492 g/mol. The largest absolute Gasteiger partial charge is 0.463 e. The minimum absolute atomic E-state index is 0.131. The number of carbonyl (C=O) groups is 2. The maximum atomic E-state index is 12.6. The number of anilines is 1. The monoisotopic (exact) mass is 491 g/mol. The standard InChI is InChI=1S/C26H29N5O3S/c1-2-34-25(33)15-12-20-10-13-21(14-11-20)27-24(32)19-35-26-29-28-23(18-30-16-6-7-17-30)31(26)22-8-4-3-5-9-22/h3-5,8-15H,2,6-7,16-19H2,1H3,(H,27,32)/b15-12+. The maximum Gasteiger partial charge on any atom is 0.330 e. The lowest BCUT2D eigenvalue weighted by Crippen LogP contribution is -2.21. The van der Waals surface area contributed by atoms with Crippen LogP contribution in [0.15, 0.2) is 65.8 Å². The van der Waals surface area contributed by atoms with Crippen molar-refractivity contribution in [2.45, 2.75) is 31.5 Å². The molecule has 1 aromatic heterocycles. The molecule has 8 nitrogen and oxygen atoms in total. The van der Waals surface area contributed by atoms with Gasteiger partial charge in [-0.2, -0.15) is 0 Å². The number of carbonyl (C=O) groups excluding carboxylic acids is 2. The Morgan fingerprint density at radius 1 is 1.06 bits per heavy atom. The number of benzene rings is 2. The molecule has 0 spiro atoms. The van der Waals surface area contributed by atoms with Crippen molar-refractivity contribution in [2.24, 2.45) is 0 Å². The summed E-state index contributed by atoms with van der Waals surface area (Å²) in [5.74, 6) is 0.578. The second-order valence-corrected chi connectivity index (χ2v) is 9.04. The van der Waals surface area contributed by atoms with Gasteiger partial charge in [0.15, 0.2) is 11.0 Å². The molecular formula is C26H29N5O3S. The van der Waals surface area contributed by atoms with Crippen LogP contribution >= 0.6 is 11.8 Å². The first-order chi connectivity index (χ1) is 17.1. The third-order valence-corrected chi connectivity index (χ3v) is 6.43. The topological polar surface area (TPSA) is 89.3 Å². The molecule has 1 amide bonds. The van der Waals surface area contributed by atoms with Crippen molar-refractivity contribution >= 4 is 35.4 Å². The van der Waals surface area contributed by atoms with E-state index in [1.165, 1.54) is 30.7 Å². The second kappa shape index (κ2) is 12.3. The summed E-state index contributed by atoms with van der Waals surface area (Å²) < 4.78 is 6.92. The molecule has 1 saturated heterocycles. The van der Waals surface area contributed by atoms with Gasteiger partial charge >= 0.3 is 5.97 Å². The molecular weight excluding hydrogens is 462 g/mol. The molecule has 0 radical (unpaired) electrons. The van der Waals surface area contributed by atoms with Crippen molar-refractivity contribution in [3.63, 3.8) is 0 Å². The Labute approximate surface area is 209 Å². The number of hydrogen-bond donors (Lipinski definition) is 1. The molecule has 2 aromatic carbocycles. The summed E-state index contributed by atoms with van der Waals surface area (Å²) in [6, 6.07) is 17.3. The van der Waals surface area contributed by atoms with Crippen LogP contribution in [0.25, 0.3) is 11.8 Å². The maximum absolute atomic E-state index is 12.6. The van der Waals surface area contributed by atoms with Crippen LogP contribution < -0.4 is 5.32 Å². The van der Waals surface area contributed by atoms with Crippen LogP contribution in [-0.2, 0) is 20.9 Å². The third kappa shape index (κ3) is 7.03. The summed E-state index contributed by atoms with van der Waals surface area (Å²) in [4.78, 5) is 26.4. The number of likely N-dealkylation sites (tertiary alicyclic amines) is 1. The molecule has 1 aliphatic heterocycles. The molecule has 9 heteroatoms. The van der Waals surface area contributed by atoms with Gasteiger partial charge in [0.05, 0.1) is 18.9 Å². The van der Waals surface area contributed by atoms with E-state index in [-0.39, 0.29) is 17.6 Å². The van der Waals surface area contributed by atoms with Crippen LogP contribution in [0.2, 0.25) is 0 Å². The summed E-state index contributed by atoms with van der Waals surface area (Å²) in [5, 5.41) is 12.4. The fourth-order valence-corrected chi connectivity index (χ4v) is 4.60. The zero-order valence-electron chi connectivity index (χ0n) is 19.7. The van der Waals surface area contributed by atoms with E-state index in [0.717, 1.165) is 36.7 Å². The molecule has 35 heavy (non-hydrogen) atoms. The minimum Gasteiger partial charge on any atom is -0.463 e. The fourth-order valence-electron chi connectivity index (χ4n) is 3.83. The normalized spacial score (nSPS) is 13.9. The Kier molecular flexibility index (Phi) is 8.69. The van der Waals surface area contributed by atoms with E-state index in [1.54, 1.807) is 25.1 Å². The van der Waals surface area contributed by atoms with Crippen LogP contribution in [0.1, 0.15) is 31.2 Å². The highest BCUT2D eigenvalue weighted by atomic mass is 32.2. The first-order valence-electron chi connectivity index (χ1n) is 11.7. The van der Waals surface area contributed by atoms with E-state index in [9.17, 15) is 9.59 Å². The third-order valence-electron chi connectivity index (χ3n) is 5.50. The van der Waals surface area contributed by atoms with Crippen LogP contribution in [0, 0.1) is 0 Å². The molecule has 1 N–H and O–H groups in total. The lowest BCUT2D eigenvalue weighted by molar-refractivity contribution is -0.137. The molecule has 0 saturated carbocycles. The Morgan fingerprint density at radius 3 is 2.51 bits per heavy atom. The Balaban J connectivity index is 1.38. The van der Waals surface area contributed by atoms with Crippen LogP contribution in [-0.4, -0.2) is 57.0 Å². The van der Waals surface area contributed by atoms with Crippen molar-refractivity contribution in [3.8, 4) is 5.69 Å². The lowest BCUT2D eigenvalue weighted by atomic mass is 10.2.